The molecule has 3 rings (SSSR count). The summed E-state index contributed by atoms with van der Waals surface area (Å²) >= 11 is 1.59. The molecule has 0 spiro atoms. The molecule has 142 valence electrons. The fourth-order valence-electron chi connectivity index (χ4n) is 3.07. The number of nitro benzene ring substituents is 1. The van der Waals surface area contributed by atoms with Crippen molar-refractivity contribution in [1.82, 2.24) is 5.43 Å². The smallest absolute Gasteiger partial charge is 0.283 e. The first-order chi connectivity index (χ1) is 13.0. The molecular formula is C19H21N3O4S. The number of benzene rings is 1. The fraction of sp³-hybridized carbons (Fsp3) is 0.368. The molecule has 1 aromatic heterocycles. The first-order valence-corrected chi connectivity index (χ1v) is 9.75. The van der Waals surface area contributed by atoms with E-state index in [0.29, 0.717) is 27.0 Å². The van der Waals surface area contributed by atoms with Crippen LogP contribution in [0.5, 0.6) is 0 Å². The van der Waals surface area contributed by atoms with Crippen LogP contribution in [0.3, 0.4) is 0 Å². The van der Waals surface area contributed by atoms with E-state index in [1.807, 2.05) is 0 Å². The minimum Gasteiger partial charge on any atom is -0.469 e. The molecule has 1 amide bonds. The van der Waals surface area contributed by atoms with Gasteiger partial charge in [0, 0.05) is 16.9 Å². The quantitative estimate of drug-likeness (QED) is 0.441. The van der Waals surface area contributed by atoms with Crippen molar-refractivity contribution in [2.45, 2.75) is 49.2 Å². The summed E-state index contributed by atoms with van der Waals surface area (Å²) in [7, 11) is 0. The van der Waals surface area contributed by atoms with Crippen LogP contribution in [0.1, 0.15) is 53.8 Å². The Kier molecular flexibility index (Phi) is 6.28. The number of nitrogens with one attached hydrogen (secondary N) is 1. The molecule has 0 atom stereocenters. The monoisotopic (exact) mass is 387 g/mol. The highest BCUT2D eigenvalue weighted by atomic mass is 32.2. The summed E-state index contributed by atoms with van der Waals surface area (Å²) in [5.41, 5.74) is 3.43. The van der Waals surface area contributed by atoms with E-state index in [1.54, 1.807) is 36.9 Å². The third kappa shape index (κ3) is 4.97. The van der Waals surface area contributed by atoms with E-state index in [1.165, 1.54) is 37.8 Å². The Morgan fingerprint density at radius 3 is 2.78 bits per heavy atom. The van der Waals surface area contributed by atoms with E-state index in [4.69, 9.17) is 4.42 Å². The average Bonchev–Trinajstić information content (AvgIpc) is 3.09. The third-order valence-electron chi connectivity index (χ3n) is 4.51. The largest absolute Gasteiger partial charge is 0.469 e. The van der Waals surface area contributed by atoms with Gasteiger partial charge in [-0.1, -0.05) is 25.3 Å². The Morgan fingerprint density at radius 1 is 1.33 bits per heavy atom. The Labute approximate surface area is 161 Å². The van der Waals surface area contributed by atoms with E-state index >= 15 is 0 Å². The molecular weight excluding hydrogens is 366 g/mol. The van der Waals surface area contributed by atoms with Crippen LogP contribution < -0.4 is 5.43 Å². The maximum absolute atomic E-state index is 12.0. The van der Waals surface area contributed by atoms with Crippen molar-refractivity contribution in [3.63, 3.8) is 0 Å². The number of nitrogens with zero attached hydrogens (tertiary/aromatic N) is 2. The lowest BCUT2D eigenvalue weighted by molar-refractivity contribution is -0.387. The Balaban J connectivity index is 1.68. The van der Waals surface area contributed by atoms with Gasteiger partial charge in [-0.2, -0.15) is 5.10 Å². The highest BCUT2D eigenvalue weighted by molar-refractivity contribution is 8.00. The standard InChI is InChI=1S/C19H21N3O4S/c1-13-16(9-10-26-13)19(23)21-20-12-14-7-8-18(17(11-14)22(24)25)27-15-5-3-2-4-6-15/h7-12,15H,2-6H2,1H3,(H,21,23)/b20-12+. The van der Waals surface area contributed by atoms with Crippen molar-refractivity contribution >= 4 is 29.6 Å². The van der Waals surface area contributed by atoms with E-state index in [2.05, 4.69) is 10.5 Å². The number of hydrogen-bond donors (Lipinski definition) is 1. The maximum atomic E-state index is 12.0. The molecule has 1 fully saturated rings. The number of hydrogen-bond acceptors (Lipinski definition) is 6. The van der Waals surface area contributed by atoms with Gasteiger partial charge in [-0.05, 0) is 31.9 Å². The van der Waals surface area contributed by atoms with Crippen LogP contribution in [0.25, 0.3) is 0 Å². The van der Waals surface area contributed by atoms with Crippen LogP contribution in [-0.2, 0) is 0 Å². The van der Waals surface area contributed by atoms with Gasteiger partial charge in [-0.15, -0.1) is 11.8 Å². The lowest BCUT2D eigenvalue weighted by Crippen LogP contribution is -2.17. The van der Waals surface area contributed by atoms with E-state index in [9.17, 15) is 14.9 Å². The first-order valence-electron chi connectivity index (χ1n) is 8.87. The lowest BCUT2D eigenvalue weighted by Gasteiger charge is -2.20. The topological polar surface area (TPSA) is 97.7 Å². The molecule has 1 aliphatic rings. The molecule has 1 aliphatic carbocycles. The summed E-state index contributed by atoms with van der Waals surface area (Å²) in [4.78, 5) is 23.7. The molecule has 0 aliphatic heterocycles. The van der Waals surface area contributed by atoms with Crippen molar-refractivity contribution in [2.24, 2.45) is 5.10 Å². The van der Waals surface area contributed by atoms with Crippen LogP contribution in [-0.4, -0.2) is 22.3 Å². The van der Waals surface area contributed by atoms with Crippen molar-refractivity contribution in [3.8, 4) is 0 Å². The summed E-state index contributed by atoms with van der Waals surface area (Å²) in [5, 5.41) is 15.8. The molecule has 1 saturated carbocycles. The number of furan rings is 1. The second kappa shape index (κ2) is 8.85. The number of thioether (sulfide) groups is 1. The van der Waals surface area contributed by atoms with E-state index in [0.717, 1.165) is 12.8 Å². The number of nitro groups is 1. The molecule has 0 saturated heterocycles. The molecule has 27 heavy (non-hydrogen) atoms. The summed E-state index contributed by atoms with van der Waals surface area (Å²) < 4.78 is 5.08. The highest BCUT2D eigenvalue weighted by Crippen LogP contribution is 2.38. The minimum absolute atomic E-state index is 0.0755. The number of rotatable bonds is 6. The van der Waals surface area contributed by atoms with Gasteiger partial charge in [0.1, 0.15) is 5.76 Å². The second-order valence-electron chi connectivity index (χ2n) is 6.45. The van der Waals surface area contributed by atoms with Crippen LogP contribution in [0, 0.1) is 17.0 Å². The summed E-state index contributed by atoms with van der Waals surface area (Å²) in [6.07, 6.45) is 8.65. The first kappa shape index (κ1) is 19.2. The van der Waals surface area contributed by atoms with Gasteiger partial charge in [-0.3, -0.25) is 14.9 Å². The zero-order valence-corrected chi connectivity index (χ0v) is 15.8. The fourth-order valence-corrected chi connectivity index (χ4v) is 4.39. The minimum atomic E-state index is -0.392. The SMILES string of the molecule is Cc1occc1C(=O)N/N=C/c1ccc(SC2CCCCC2)c([N+](=O)[O-])c1. The predicted octanol–water partition coefficient (Wildman–Crippen LogP) is 4.68. The van der Waals surface area contributed by atoms with Crippen molar-refractivity contribution in [2.75, 3.05) is 0 Å². The summed E-state index contributed by atoms with van der Waals surface area (Å²) in [6.45, 7) is 1.69. The van der Waals surface area contributed by atoms with Gasteiger partial charge < -0.3 is 4.42 Å². The second-order valence-corrected chi connectivity index (χ2v) is 7.79. The van der Waals surface area contributed by atoms with E-state index in [-0.39, 0.29) is 10.6 Å². The Morgan fingerprint density at radius 2 is 2.11 bits per heavy atom. The molecule has 0 radical (unpaired) electrons. The van der Waals surface area contributed by atoms with Gasteiger partial charge in [0.15, 0.2) is 0 Å². The molecule has 1 heterocycles. The van der Waals surface area contributed by atoms with Crippen molar-refractivity contribution in [1.29, 1.82) is 0 Å². The maximum Gasteiger partial charge on any atom is 0.283 e. The normalized spacial score (nSPS) is 15.1. The predicted molar refractivity (Wildman–Crippen MR) is 104 cm³/mol. The molecule has 1 N–H and O–H groups in total. The van der Waals surface area contributed by atoms with Crippen LogP contribution in [0.2, 0.25) is 0 Å². The number of carbonyl (C=O) groups is 1. The average molecular weight is 387 g/mol. The number of amides is 1. The zero-order valence-electron chi connectivity index (χ0n) is 15.0. The van der Waals surface area contributed by atoms with Crippen LogP contribution in [0.15, 0.2) is 44.9 Å². The van der Waals surface area contributed by atoms with Gasteiger partial charge in [0.25, 0.3) is 11.6 Å². The number of hydrazone groups is 1. The number of carbonyl (C=O) groups excluding carboxylic acids is 1. The molecule has 1 aromatic carbocycles. The highest BCUT2D eigenvalue weighted by Gasteiger charge is 2.21. The van der Waals surface area contributed by atoms with E-state index < -0.39 is 5.91 Å². The van der Waals surface area contributed by atoms with Crippen LogP contribution >= 0.6 is 11.8 Å². The molecule has 8 heteroatoms. The Bertz CT molecular complexity index is 856. The molecule has 0 bridgehead atoms. The van der Waals surface area contributed by atoms with Crippen LogP contribution in [0.4, 0.5) is 5.69 Å². The van der Waals surface area contributed by atoms with Crippen molar-refractivity contribution < 1.29 is 14.1 Å². The van der Waals surface area contributed by atoms with Gasteiger partial charge in [0.05, 0.1) is 27.9 Å². The molecule has 2 aromatic rings. The molecule has 7 nitrogen and oxygen atoms in total. The van der Waals surface area contributed by atoms with Crippen molar-refractivity contribution in [3.05, 3.63) is 57.5 Å². The van der Waals surface area contributed by atoms with Gasteiger partial charge in [-0.25, -0.2) is 5.43 Å². The van der Waals surface area contributed by atoms with Gasteiger partial charge in [0.2, 0.25) is 0 Å². The Hall–Kier alpha value is -2.61. The zero-order chi connectivity index (χ0) is 19.2. The van der Waals surface area contributed by atoms with Gasteiger partial charge >= 0.3 is 0 Å². The molecule has 0 unspecified atom stereocenters. The third-order valence-corrected chi connectivity index (χ3v) is 5.91. The lowest BCUT2D eigenvalue weighted by atomic mass is 10.0. The summed E-state index contributed by atoms with van der Waals surface area (Å²) in [5.74, 6) is 0.110. The number of aryl methyl sites for hydroxylation is 1. The summed E-state index contributed by atoms with van der Waals surface area (Å²) in [6, 6.07) is 6.59.